The SMILES string of the molecule is O=C(Nc1cccc(O)c1)c1c[nH]c2ccccc2c1=O. The number of aromatic nitrogens is 1. The van der Waals surface area contributed by atoms with Gasteiger partial charge in [0.25, 0.3) is 5.91 Å². The molecule has 0 spiro atoms. The number of phenolic OH excluding ortho intramolecular Hbond substituents is 1. The van der Waals surface area contributed by atoms with E-state index in [1.807, 2.05) is 6.07 Å². The summed E-state index contributed by atoms with van der Waals surface area (Å²) in [6.07, 6.45) is 1.39. The predicted octanol–water partition coefficient (Wildman–Crippen LogP) is 2.49. The first-order valence-electron chi connectivity index (χ1n) is 6.36. The Morgan fingerprint density at radius 1 is 1.10 bits per heavy atom. The second kappa shape index (κ2) is 5.13. The number of H-pyrrole nitrogens is 1. The summed E-state index contributed by atoms with van der Waals surface area (Å²) in [7, 11) is 0. The van der Waals surface area contributed by atoms with Gasteiger partial charge in [0, 0.05) is 28.9 Å². The Hall–Kier alpha value is -3.08. The minimum Gasteiger partial charge on any atom is -0.508 e. The summed E-state index contributed by atoms with van der Waals surface area (Å²) >= 11 is 0. The fourth-order valence-corrected chi connectivity index (χ4v) is 2.12. The highest BCUT2D eigenvalue weighted by Crippen LogP contribution is 2.16. The molecule has 0 fully saturated rings. The number of pyridine rings is 1. The number of para-hydroxylation sites is 1. The molecule has 1 heterocycles. The van der Waals surface area contributed by atoms with Crippen LogP contribution in [0.5, 0.6) is 5.75 Å². The van der Waals surface area contributed by atoms with E-state index in [4.69, 9.17) is 0 Å². The van der Waals surface area contributed by atoms with E-state index in [2.05, 4.69) is 10.3 Å². The summed E-state index contributed by atoms with van der Waals surface area (Å²) in [4.78, 5) is 27.4. The molecular formula is C16H12N2O3. The molecule has 21 heavy (non-hydrogen) atoms. The van der Waals surface area contributed by atoms with Gasteiger partial charge in [-0.25, -0.2) is 0 Å². The number of benzene rings is 2. The fraction of sp³-hybridized carbons (Fsp3) is 0. The third kappa shape index (κ3) is 2.49. The number of nitrogens with one attached hydrogen (secondary N) is 2. The number of aromatic amines is 1. The number of anilines is 1. The summed E-state index contributed by atoms with van der Waals surface area (Å²) in [5.41, 5.74) is 0.794. The van der Waals surface area contributed by atoms with Gasteiger partial charge < -0.3 is 15.4 Å². The Morgan fingerprint density at radius 2 is 1.90 bits per heavy atom. The number of fused-ring (bicyclic) bond motifs is 1. The van der Waals surface area contributed by atoms with E-state index in [9.17, 15) is 14.7 Å². The molecule has 5 nitrogen and oxygen atoms in total. The van der Waals surface area contributed by atoms with Crippen LogP contribution in [0.3, 0.4) is 0 Å². The summed E-state index contributed by atoms with van der Waals surface area (Å²) in [6.45, 7) is 0. The van der Waals surface area contributed by atoms with E-state index in [1.165, 1.54) is 18.3 Å². The van der Waals surface area contributed by atoms with Crippen molar-refractivity contribution in [2.45, 2.75) is 0 Å². The van der Waals surface area contributed by atoms with Gasteiger partial charge in [-0.3, -0.25) is 9.59 Å². The first kappa shape index (κ1) is 12.9. The predicted molar refractivity (Wildman–Crippen MR) is 80.6 cm³/mol. The van der Waals surface area contributed by atoms with Crippen molar-refractivity contribution >= 4 is 22.5 Å². The number of aromatic hydroxyl groups is 1. The lowest BCUT2D eigenvalue weighted by atomic mass is 10.1. The maximum absolute atomic E-state index is 12.3. The standard InChI is InChI=1S/C16H12N2O3/c19-11-5-3-4-10(8-11)18-16(21)13-9-17-14-7-2-1-6-12(14)15(13)20/h1-9,19H,(H,17,20)(H,18,21). The van der Waals surface area contributed by atoms with Crippen LogP contribution < -0.4 is 10.7 Å². The van der Waals surface area contributed by atoms with Crippen molar-refractivity contribution in [1.29, 1.82) is 0 Å². The minimum absolute atomic E-state index is 0.0250. The van der Waals surface area contributed by atoms with Crippen molar-refractivity contribution in [3.8, 4) is 5.75 Å². The van der Waals surface area contributed by atoms with Crippen LogP contribution in [0.25, 0.3) is 10.9 Å². The molecule has 3 N–H and O–H groups in total. The molecule has 0 saturated heterocycles. The highest BCUT2D eigenvalue weighted by atomic mass is 16.3. The largest absolute Gasteiger partial charge is 0.508 e. The number of phenols is 1. The number of amides is 1. The number of carbonyl (C=O) groups excluding carboxylic acids is 1. The van der Waals surface area contributed by atoms with Gasteiger partial charge in [0.1, 0.15) is 11.3 Å². The topological polar surface area (TPSA) is 82.2 Å². The Morgan fingerprint density at radius 3 is 2.71 bits per heavy atom. The Balaban J connectivity index is 1.99. The smallest absolute Gasteiger partial charge is 0.261 e. The normalized spacial score (nSPS) is 10.5. The number of hydrogen-bond donors (Lipinski definition) is 3. The van der Waals surface area contributed by atoms with E-state index in [1.54, 1.807) is 30.3 Å². The summed E-state index contributed by atoms with van der Waals surface area (Å²) in [5, 5.41) is 12.4. The molecule has 1 amide bonds. The van der Waals surface area contributed by atoms with Crippen LogP contribution in [0.2, 0.25) is 0 Å². The fourth-order valence-electron chi connectivity index (χ4n) is 2.12. The zero-order chi connectivity index (χ0) is 14.8. The Bertz CT molecular complexity index is 884. The van der Waals surface area contributed by atoms with Crippen LogP contribution in [0, 0.1) is 0 Å². The van der Waals surface area contributed by atoms with Gasteiger partial charge in [-0.1, -0.05) is 18.2 Å². The molecule has 0 aliphatic heterocycles. The van der Waals surface area contributed by atoms with Crippen molar-refractivity contribution in [1.82, 2.24) is 4.98 Å². The van der Waals surface area contributed by atoms with Gasteiger partial charge >= 0.3 is 0 Å². The molecule has 0 saturated carbocycles. The van der Waals surface area contributed by atoms with E-state index >= 15 is 0 Å². The number of hydrogen-bond acceptors (Lipinski definition) is 3. The lowest BCUT2D eigenvalue weighted by Crippen LogP contribution is -2.21. The molecule has 0 aliphatic rings. The Kier molecular flexibility index (Phi) is 3.16. The average Bonchev–Trinajstić information content (AvgIpc) is 2.48. The molecule has 0 unspecified atom stereocenters. The summed E-state index contributed by atoms with van der Waals surface area (Å²) in [5.74, 6) is -0.479. The third-order valence-electron chi connectivity index (χ3n) is 3.14. The van der Waals surface area contributed by atoms with Gasteiger partial charge in [-0.2, -0.15) is 0 Å². The van der Waals surface area contributed by atoms with Crippen LogP contribution in [0.15, 0.2) is 59.5 Å². The molecule has 0 atom stereocenters. The van der Waals surface area contributed by atoms with Gasteiger partial charge in [0.15, 0.2) is 0 Å². The van der Waals surface area contributed by atoms with Crippen LogP contribution in [0.1, 0.15) is 10.4 Å². The first-order chi connectivity index (χ1) is 10.1. The first-order valence-corrected chi connectivity index (χ1v) is 6.36. The molecule has 0 bridgehead atoms. The molecule has 0 radical (unpaired) electrons. The minimum atomic E-state index is -0.521. The highest BCUT2D eigenvalue weighted by Gasteiger charge is 2.13. The monoisotopic (exact) mass is 280 g/mol. The zero-order valence-corrected chi connectivity index (χ0v) is 11.0. The maximum atomic E-state index is 12.3. The lowest BCUT2D eigenvalue weighted by molar-refractivity contribution is 0.102. The molecule has 0 aliphatic carbocycles. The molecule has 104 valence electrons. The van der Waals surface area contributed by atoms with Crippen LogP contribution in [-0.4, -0.2) is 16.0 Å². The van der Waals surface area contributed by atoms with E-state index < -0.39 is 5.91 Å². The second-order valence-corrected chi connectivity index (χ2v) is 4.58. The molecule has 1 aromatic heterocycles. The van der Waals surface area contributed by atoms with E-state index in [0.717, 1.165) is 0 Å². The summed E-state index contributed by atoms with van der Waals surface area (Å²) in [6, 6.07) is 13.1. The van der Waals surface area contributed by atoms with Crippen molar-refractivity contribution < 1.29 is 9.90 Å². The van der Waals surface area contributed by atoms with Crippen LogP contribution in [-0.2, 0) is 0 Å². The molecular weight excluding hydrogens is 268 g/mol. The van der Waals surface area contributed by atoms with Gasteiger partial charge in [-0.15, -0.1) is 0 Å². The van der Waals surface area contributed by atoms with Gasteiger partial charge in [0.2, 0.25) is 5.43 Å². The van der Waals surface area contributed by atoms with E-state index in [-0.39, 0.29) is 16.7 Å². The average molecular weight is 280 g/mol. The molecule has 3 aromatic rings. The van der Waals surface area contributed by atoms with Crippen LogP contribution >= 0.6 is 0 Å². The lowest BCUT2D eigenvalue weighted by Gasteiger charge is -2.06. The van der Waals surface area contributed by atoms with Gasteiger partial charge in [-0.05, 0) is 24.3 Å². The molecule has 5 heteroatoms. The molecule has 2 aromatic carbocycles. The quantitative estimate of drug-likeness (QED) is 0.674. The summed E-state index contributed by atoms with van der Waals surface area (Å²) < 4.78 is 0. The second-order valence-electron chi connectivity index (χ2n) is 4.58. The Labute approximate surface area is 119 Å². The zero-order valence-electron chi connectivity index (χ0n) is 11.0. The number of rotatable bonds is 2. The van der Waals surface area contributed by atoms with Crippen molar-refractivity contribution in [2.24, 2.45) is 0 Å². The molecule has 3 rings (SSSR count). The number of carbonyl (C=O) groups is 1. The van der Waals surface area contributed by atoms with E-state index in [0.29, 0.717) is 16.6 Å². The highest BCUT2D eigenvalue weighted by molar-refractivity contribution is 6.05. The van der Waals surface area contributed by atoms with Crippen molar-refractivity contribution in [3.05, 3.63) is 70.5 Å². The van der Waals surface area contributed by atoms with Gasteiger partial charge in [0.05, 0.1) is 0 Å². The third-order valence-corrected chi connectivity index (χ3v) is 3.14. The van der Waals surface area contributed by atoms with Crippen molar-refractivity contribution in [2.75, 3.05) is 5.32 Å². The van der Waals surface area contributed by atoms with Crippen molar-refractivity contribution in [3.63, 3.8) is 0 Å². The van der Waals surface area contributed by atoms with Crippen LogP contribution in [0.4, 0.5) is 5.69 Å². The maximum Gasteiger partial charge on any atom is 0.261 e.